The number of carbonyl (C=O) groups is 2. The summed E-state index contributed by atoms with van der Waals surface area (Å²) in [5.41, 5.74) is 1.50. The van der Waals surface area contributed by atoms with Gasteiger partial charge in [0.05, 0.1) is 16.6 Å². The molecule has 1 saturated heterocycles. The second-order valence-electron chi connectivity index (χ2n) is 6.65. The topological polar surface area (TPSA) is 70.2 Å². The average molecular weight is 473 g/mol. The molecule has 3 atom stereocenters. The summed E-state index contributed by atoms with van der Waals surface area (Å²) in [6.07, 6.45) is 0. The Hall–Kier alpha value is -2.16. The minimum absolute atomic E-state index is 0.164. The largest absolute Gasteiger partial charge is 0.307 e. The van der Waals surface area contributed by atoms with Crippen LogP contribution in [0.4, 0.5) is 5.69 Å². The molecule has 2 amide bonds. The molecule has 5 nitrogen and oxygen atoms in total. The van der Waals surface area contributed by atoms with E-state index in [1.54, 1.807) is 12.1 Å². The number of nitrogens with zero attached hydrogens (tertiary/aromatic N) is 1. The highest BCUT2D eigenvalue weighted by Crippen LogP contribution is 2.53. The Bertz CT molecular complexity index is 1140. The normalized spacial score (nSPS) is 23.6. The van der Waals surface area contributed by atoms with Crippen LogP contribution in [-0.2, 0) is 9.59 Å². The Kier molecular flexibility index (Phi) is 4.30. The van der Waals surface area contributed by atoms with Crippen LogP contribution in [0.2, 0.25) is 0 Å². The summed E-state index contributed by atoms with van der Waals surface area (Å²) in [6.45, 7) is 0. The maximum atomic E-state index is 13.4. The second kappa shape index (κ2) is 6.72. The molecule has 3 aromatic rings. The number of anilines is 1. The number of thioether (sulfide) groups is 1. The third kappa shape index (κ3) is 2.70. The number of aromatic amines is 1. The zero-order valence-electron chi connectivity index (χ0n) is 14.3. The van der Waals surface area contributed by atoms with Crippen molar-refractivity contribution in [2.75, 3.05) is 4.90 Å². The molecule has 1 fully saturated rings. The number of thiazole rings is 1. The van der Waals surface area contributed by atoms with Crippen molar-refractivity contribution in [2.24, 2.45) is 5.92 Å². The minimum Gasteiger partial charge on any atom is -0.307 e. The van der Waals surface area contributed by atoms with Crippen molar-refractivity contribution in [3.8, 4) is 0 Å². The molecule has 28 heavy (non-hydrogen) atoms. The Labute approximate surface area is 176 Å². The summed E-state index contributed by atoms with van der Waals surface area (Å²) in [5, 5.41) is 0.142. The number of rotatable bonds is 2. The van der Waals surface area contributed by atoms with Gasteiger partial charge in [0.15, 0.2) is 0 Å². The lowest BCUT2D eigenvalue weighted by Gasteiger charge is -2.29. The van der Waals surface area contributed by atoms with E-state index < -0.39 is 11.2 Å². The lowest BCUT2D eigenvalue weighted by Crippen LogP contribution is -2.32. The van der Waals surface area contributed by atoms with Crippen molar-refractivity contribution >= 4 is 56.5 Å². The SMILES string of the molecule is O=C1[C@H]2[C@@H](c3ccccc3)c3sc(=O)[nH]c3S[C@H]2C(=O)N1c1ccc(Br)cc1. The monoisotopic (exact) mass is 472 g/mol. The summed E-state index contributed by atoms with van der Waals surface area (Å²) in [7, 11) is 0. The van der Waals surface area contributed by atoms with Crippen LogP contribution in [0.25, 0.3) is 0 Å². The Morgan fingerprint density at radius 1 is 0.929 bits per heavy atom. The fourth-order valence-electron chi connectivity index (χ4n) is 3.88. The molecule has 2 aromatic carbocycles. The number of carbonyl (C=O) groups excluding carboxylic acids is 2. The highest BCUT2D eigenvalue weighted by Gasteiger charge is 2.56. The molecule has 140 valence electrons. The molecule has 8 heteroatoms. The number of H-pyrrole nitrogens is 1. The Balaban J connectivity index is 1.65. The van der Waals surface area contributed by atoms with Crippen LogP contribution in [0.5, 0.6) is 0 Å². The van der Waals surface area contributed by atoms with Crippen molar-refractivity contribution in [3.05, 3.63) is 79.2 Å². The van der Waals surface area contributed by atoms with E-state index >= 15 is 0 Å². The number of imide groups is 1. The number of fused-ring (bicyclic) bond motifs is 2. The van der Waals surface area contributed by atoms with Crippen molar-refractivity contribution in [2.45, 2.75) is 16.2 Å². The molecule has 0 aliphatic carbocycles. The lowest BCUT2D eigenvalue weighted by atomic mass is 9.83. The van der Waals surface area contributed by atoms with E-state index in [1.807, 2.05) is 42.5 Å². The van der Waals surface area contributed by atoms with E-state index in [-0.39, 0.29) is 22.6 Å². The van der Waals surface area contributed by atoms with Crippen molar-refractivity contribution in [1.82, 2.24) is 4.98 Å². The predicted molar refractivity (Wildman–Crippen MR) is 113 cm³/mol. The molecule has 3 heterocycles. The number of benzene rings is 2. The van der Waals surface area contributed by atoms with E-state index in [2.05, 4.69) is 20.9 Å². The third-order valence-electron chi connectivity index (χ3n) is 5.07. The first-order valence-electron chi connectivity index (χ1n) is 8.62. The van der Waals surface area contributed by atoms with Gasteiger partial charge >= 0.3 is 4.87 Å². The highest BCUT2D eigenvalue weighted by atomic mass is 79.9. The van der Waals surface area contributed by atoms with Gasteiger partial charge in [-0.25, -0.2) is 4.90 Å². The van der Waals surface area contributed by atoms with Gasteiger partial charge in [-0.05, 0) is 29.8 Å². The summed E-state index contributed by atoms with van der Waals surface area (Å²) >= 11 is 5.80. The first-order valence-corrected chi connectivity index (χ1v) is 11.1. The molecule has 1 N–H and O–H groups in total. The average Bonchev–Trinajstić information content (AvgIpc) is 3.18. The van der Waals surface area contributed by atoms with Crippen LogP contribution >= 0.6 is 39.0 Å². The van der Waals surface area contributed by atoms with Gasteiger partial charge in [0, 0.05) is 15.3 Å². The first kappa shape index (κ1) is 17.9. The van der Waals surface area contributed by atoms with E-state index in [1.165, 1.54) is 16.7 Å². The maximum absolute atomic E-state index is 13.4. The molecular weight excluding hydrogens is 460 g/mol. The summed E-state index contributed by atoms with van der Waals surface area (Å²) < 4.78 is 0.879. The van der Waals surface area contributed by atoms with Crippen LogP contribution in [0.3, 0.4) is 0 Å². The van der Waals surface area contributed by atoms with Gasteiger partial charge in [0.1, 0.15) is 5.25 Å². The smallest absolute Gasteiger partial charge is 0.305 e. The first-order chi connectivity index (χ1) is 13.5. The molecule has 1 aromatic heterocycles. The van der Waals surface area contributed by atoms with Gasteiger partial charge in [0.25, 0.3) is 0 Å². The maximum Gasteiger partial charge on any atom is 0.305 e. The lowest BCUT2D eigenvalue weighted by molar-refractivity contribution is -0.122. The van der Waals surface area contributed by atoms with Crippen molar-refractivity contribution in [1.29, 1.82) is 0 Å². The van der Waals surface area contributed by atoms with Crippen LogP contribution < -0.4 is 9.77 Å². The fourth-order valence-corrected chi connectivity index (χ4v) is 6.66. The summed E-state index contributed by atoms with van der Waals surface area (Å²) in [5.74, 6) is -1.31. The van der Waals surface area contributed by atoms with E-state index in [0.29, 0.717) is 10.7 Å². The van der Waals surface area contributed by atoms with Crippen molar-refractivity contribution < 1.29 is 9.59 Å². The van der Waals surface area contributed by atoms with Gasteiger partial charge < -0.3 is 4.98 Å². The zero-order valence-corrected chi connectivity index (χ0v) is 17.5. The van der Waals surface area contributed by atoms with Crippen LogP contribution in [0.15, 0.2) is 68.9 Å². The van der Waals surface area contributed by atoms with Gasteiger partial charge in [-0.1, -0.05) is 69.4 Å². The molecule has 2 aliphatic heterocycles. The van der Waals surface area contributed by atoms with E-state index in [9.17, 15) is 14.4 Å². The Morgan fingerprint density at radius 2 is 1.64 bits per heavy atom. The number of amides is 2. The number of nitrogens with one attached hydrogen (secondary N) is 1. The predicted octanol–water partition coefficient (Wildman–Crippen LogP) is 3.99. The molecule has 0 unspecified atom stereocenters. The Morgan fingerprint density at radius 3 is 2.36 bits per heavy atom. The number of halogens is 1. The van der Waals surface area contributed by atoms with Crippen LogP contribution in [-0.4, -0.2) is 22.0 Å². The van der Waals surface area contributed by atoms with Gasteiger partial charge in [-0.15, -0.1) is 0 Å². The van der Waals surface area contributed by atoms with Gasteiger partial charge in [0.2, 0.25) is 11.8 Å². The summed E-state index contributed by atoms with van der Waals surface area (Å²) in [6, 6.07) is 16.8. The van der Waals surface area contributed by atoms with E-state index in [4.69, 9.17) is 0 Å². The second-order valence-corrected chi connectivity index (χ2v) is 9.73. The zero-order chi connectivity index (χ0) is 19.4. The highest BCUT2D eigenvalue weighted by molar-refractivity contribution is 9.10. The number of aromatic nitrogens is 1. The third-order valence-corrected chi connectivity index (χ3v) is 8.00. The van der Waals surface area contributed by atoms with Gasteiger partial charge in [-0.2, -0.15) is 0 Å². The molecular formula is C20H13BrN2O3S2. The standard InChI is InChI=1S/C20H13BrN2O3S2/c21-11-6-8-12(9-7-11)23-18(24)14-13(10-4-2-1-3-5-10)15-17(22-20(26)28-15)27-16(14)19(23)25/h1-9,13-14,16H,(H,22,26)/t13-,14+,16-/m1/s1. The fraction of sp³-hybridized carbons (Fsp3) is 0.150. The molecule has 0 spiro atoms. The summed E-state index contributed by atoms with van der Waals surface area (Å²) in [4.78, 5) is 43.4. The molecule has 2 aliphatic rings. The molecule has 0 radical (unpaired) electrons. The van der Waals surface area contributed by atoms with Gasteiger partial charge in [-0.3, -0.25) is 14.4 Å². The van der Waals surface area contributed by atoms with E-state index in [0.717, 1.165) is 26.3 Å². The van der Waals surface area contributed by atoms with Crippen molar-refractivity contribution in [3.63, 3.8) is 0 Å². The minimum atomic E-state index is -0.556. The number of hydrogen-bond donors (Lipinski definition) is 1. The number of hydrogen-bond acceptors (Lipinski definition) is 5. The molecule has 0 saturated carbocycles. The van der Waals surface area contributed by atoms with Crippen LogP contribution in [0, 0.1) is 5.92 Å². The quantitative estimate of drug-likeness (QED) is 0.572. The molecule has 5 rings (SSSR count). The molecule has 0 bridgehead atoms. The van der Waals surface area contributed by atoms with Crippen LogP contribution in [0.1, 0.15) is 16.4 Å².